The number of aromatic nitrogens is 6. The van der Waals surface area contributed by atoms with Gasteiger partial charge in [0.1, 0.15) is 23.0 Å². The average molecular weight is 466 g/mol. The van der Waals surface area contributed by atoms with Crippen LogP contribution in [0.2, 0.25) is 0 Å². The number of hydrogen-bond acceptors (Lipinski definition) is 6. The molecule has 5 heterocycles. The molecule has 0 fully saturated rings. The zero-order valence-electron chi connectivity index (χ0n) is 18.8. The summed E-state index contributed by atoms with van der Waals surface area (Å²) in [4.78, 5) is 16.7. The second-order valence-corrected chi connectivity index (χ2v) is 7.98. The van der Waals surface area contributed by atoms with Crippen LogP contribution in [-0.4, -0.2) is 44.4 Å². The monoisotopic (exact) mass is 466 g/mol. The van der Waals surface area contributed by atoms with Gasteiger partial charge in [-0.2, -0.15) is 5.10 Å². The van der Waals surface area contributed by atoms with E-state index in [1.165, 1.54) is 19.2 Å². The summed E-state index contributed by atoms with van der Waals surface area (Å²) in [5.41, 5.74) is 6.04. The first-order chi connectivity index (χ1) is 17.1. The van der Waals surface area contributed by atoms with Gasteiger partial charge in [-0.1, -0.05) is 0 Å². The summed E-state index contributed by atoms with van der Waals surface area (Å²) in [5.74, 6) is 0.695. The van der Waals surface area contributed by atoms with E-state index in [-0.39, 0.29) is 5.82 Å². The molecule has 6 rings (SSSR count). The Morgan fingerprint density at radius 2 is 1.60 bits per heavy atom. The molecule has 2 N–H and O–H groups in total. The van der Waals surface area contributed by atoms with Gasteiger partial charge in [0.05, 0.1) is 49.2 Å². The van der Waals surface area contributed by atoms with Gasteiger partial charge in [-0.3, -0.25) is 20.1 Å². The van der Waals surface area contributed by atoms with Crippen molar-refractivity contribution in [1.82, 2.24) is 30.1 Å². The van der Waals surface area contributed by atoms with Crippen molar-refractivity contribution < 1.29 is 13.9 Å². The molecule has 0 aliphatic heterocycles. The van der Waals surface area contributed by atoms with Gasteiger partial charge < -0.3 is 14.5 Å². The lowest BCUT2D eigenvalue weighted by atomic mass is 10.1. The fourth-order valence-corrected chi connectivity index (χ4v) is 4.18. The number of methoxy groups -OCH3 is 2. The first-order valence-electron chi connectivity index (χ1n) is 10.8. The maximum absolute atomic E-state index is 14.2. The van der Waals surface area contributed by atoms with Gasteiger partial charge >= 0.3 is 0 Å². The average Bonchev–Trinajstić information content (AvgIpc) is 3.51. The number of ether oxygens (including phenoxy) is 2. The van der Waals surface area contributed by atoms with Crippen molar-refractivity contribution in [3.05, 3.63) is 73.1 Å². The third kappa shape index (κ3) is 3.63. The van der Waals surface area contributed by atoms with Crippen LogP contribution >= 0.6 is 0 Å². The number of H-pyrrole nitrogens is 2. The molecule has 0 spiro atoms. The van der Waals surface area contributed by atoms with E-state index in [2.05, 4.69) is 30.1 Å². The van der Waals surface area contributed by atoms with Crippen LogP contribution in [0.15, 0.2) is 67.3 Å². The predicted octanol–water partition coefficient (Wildman–Crippen LogP) is 5.39. The standard InChI is InChI=1S/C26H19FN6O2/c1-34-17-6-14(5-16(27)8-17)25-19-10-23(31-21(19)3-4-29-25)26-20-9-22(30-13-24(20)32-33-26)15-7-18(35-2)12-28-11-15/h3-13,31H,1-2H3,(H,32,33). The smallest absolute Gasteiger partial charge is 0.137 e. The Kier molecular flexibility index (Phi) is 4.88. The fourth-order valence-electron chi connectivity index (χ4n) is 4.18. The largest absolute Gasteiger partial charge is 0.497 e. The highest BCUT2D eigenvalue weighted by Gasteiger charge is 2.16. The zero-order valence-corrected chi connectivity index (χ0v) is 18.8. The van der Waals surface area contributed by atoms with Gasteiger partial charge in [-0.15, -0.1) is 0 Å². The van der Waals surface area contributed by atoms with E-state index in [0.29, 0.717) is 22.8 Å². The van der Waals surface area contributed by atoms with Crippen molar-refractivity contribution in [2.24, 2.45) is 0 Å². The molecule has 8 nitrogen and oxygen atoms in total. The van der Waals surface area contributed by atoms with Gasteiger partial charge in [0.25, 0.3) is 0 Å². The molecule has 9 heteroatoms. The van der Waals surface area contributed by atoms with Crippen LogP contribution in [0.25, 0.3) is 55.7 Å². The third-order valence-corrected chi connectivity index (χ3v) is 5.88. The Balaban J connectivity index is 1.48. The van der Waals surface area contributed by atoms with Crippen molar-refractivity contribution in [3.8, 4) is 45.4 Å². The van der Waals surface area contributed by atoms with Crippen molar-refractivity contribution >= 4 is 21.8 Å². The molecule has 0 saturated carbocycles. The molecule has 0 atom stereocenters. The Hall–Kier alpha value is -4.79. The SMILES string of the molecule is COc1cncc(-c2cc3c(-c4cc5c(-c6cc(F)cc(OC)c6)nccc5[nH]4)n[nH]c3cn2)c1. The first kappa shape index (κ1) is 20.8. The molecular weight excluding hydrogens is 447 g/mol. The number of pyridine rings is 3. The number of halogens is 1. The lowest BCUT2D eigenvalue weighted by Gasteiger charge is -2.06. The minimum Gasteiger partial charge on any atom is -0.497 e. The van der Waals surface area contributed by atoms with Crippen molar-refractivity contribution in [2.45, 2.75) is 0 Å². The summed E-state index contributed by atoms with van der Waals surface area (Å²) >= 11 is 0. The van der Waals surface area contributed by atoms with Crippen LogP contribution in [0.5, 0.6) is 11.5 Å². The van der Waals surface area contributed by atoms with Crippen molar-refractivity contribution in [3.63, 3.8) is 0 Å². The Labute approximate surface area is 198 Å². The molecule has 0 aliphatic rings. The highest BCUT2D eigenvalue weighted by Crippen LogP contribution is 2.35. The predicted molar refractivity (Wildman–Crippen MR) is 131 cm³/mol. The Bertz CT molecular complexity index is 1710. The summed E-state index contributed by atoms with van der Waals surface area (Å²) in [6.07, 6.45) is 6.82. The van der Waals surface area contributed by atoms with Crippen LogP contribution in [0, 0.1) is 5.82 Å². The molecule has 6 aromatic rings. The number of nitrogens with one attached hydrogen (secondary N) is 2. The second-order valence-electron chi connectivity index (χ2n) is 7.98. The molecule has 0 unspecified atom stereocenters. The molecule has 0 saturated heterocycles. The molecule has 0 bridgehead atoms. The first-order valence-corrected chi connectivity index (χ1v) is 10.8. The number of rotatable bonds is 5. The van der Waals surface area contributed by atoms with E-state index >= 15 is 0 Å². The summed E-state index contributed by atoms with van der Waals surface area (Å²) in [6, 6.07) is 12.2. The topological polar surface area (TPSA) is 102 Å². The van der Waals surface area contributed by atoms with E-state index in [1.807, 2.05) is 24.3 Å². The summed E-state index contributed by atoms with van der Waals surface area (Å²) < 4.78 is 24.7. The number of hydrogen-bond donors (Lipinski definition) is 2. The lowest BCUT2D eigenvalue weighted by Crippen LogP contribution is -1.89. The van der Waals surface area contributed by atoms with Crippen LogP contribution in [-0.2, 0) is 0 Å². The second kappa shape index (κ2) is 8.21. The van der Waals surface area contributed by atoms with Crippen LogP contribution < -0.4 is 9.47 Å². The van der Waals surface area contributed by atoms with E-state index in [4.69, 9.17) is 9.47 Å². The van der Waals surface area contributed by atoms with Crippen molar-refractivity contribution in [1.29, 1.82) is 0 Å². The molecule has 1 aromatic carbocycles. The summed E-state index contributed by atoms with van der Waals surface area (Å²) in [5, 5.41) is 9.32. The molecule has 0 aliphatic carbocycles. The molecule has 172 valence electrons. The number of aromatic amines is 2. The van der Waals surface area contributed by atoms with Gasteiger partial charge in [0.2, 0.25) is 0 Å². The maximum Gasteiger partial charge on any atom is 0.137 e. The normalized spacial score (nSPS) is 11.3. The number of benzene rings is 1. The molecular formula is C26H19FN6O2. The Morgan fingerprint density at radius 1 is 0.771 bits per heavy atom. The van der Waals surface area contributed by atoms with E-state index in [0.717, 1.165) is 44.5 Å². The van der Waals surface area contributed by atoms with Gasteiger partial charge in [-0.05, 0) is 36.4 Å². The quantitative estimate of drug-likeness (QED) is 0.353. The highest BCUT2D eigenvalue weighted by atomic mass is 19.1. The molecule has 0 amide bonds. The van der Waals surface area contributed by atoms with Gasteiger partial charge in [-0.25, -0.2) is 4.39 Å². The van der Waals surface area contributed by atoms with Crippen molar-refractivity contribution in [2.75, 3.05) is 14.2 Å². The van der Waals surface area contributed by atoms with Gasteiger partial charge in [0, 0.05) is 45.9 Å². The van der Waals surface area contributed by atoms with Crippen LogP contribution in [0.1, 0.15) is 0 Å². The number of nitrogens with zero attached hydrogens (tertiary/aromatic N) is 4. The molecule has 0 radical (unpaired) electrons. The Morgan fingerprint density at radius 3 is 2.46 bits per heavy atom. The zero-order chi connectivity index (χ0) is 23.9. The van der Waals surface area contributed by atoms with Crippen LogP contribution in [0.3, 0.4) is 0 Å². The lowest BCUT2D eigenvalue weighted by molar-refractivity contribution is 0.411. The maximum atomic E-state index is 14.2. The summed E-state index contributed by atoms with van der Waals surface area (Å²) in [6.45, 7) is 0. The van der Waals surface area contributed by atoms with E-state index in [9.17, 15) is 4.39 Å². The minimum atomic E-state index is -0.390. The molecule has 5 aromatic heterocycles. The van der Waals surface area contributed by atoms with E-state index < -0.39 is 0 Å². The minimum absolute atomic E-state index is 0.390. The summed E-state index contributed by atoms with van der Waals surface area (Å²) in [7, 11) is 3.11. The molecule has 35 heavy (non-hydrogen) atoms. The number of fused-ring (bicyclic) bond motifs is 2. The highest BCUT2D eigenvalue weighted by molar-refractivity contribution is 6.00. The third-order valence-electron chi connectivity index (χ3n) is 5.88. The van der Waals surface area contributed by atoms with E-state index in [1.54, 1.807) is 38.0 Å². The van der Waals surface area contributed by atoms with Crippen LogP contribution in [0.4, 0.5) is 4.39 Å². The van der Waals surface area contributed by atoms with Gasteiger partial charge in [0.15, 0.2) is 0 Å². The fraction of sp³-hybridized carbons (Fsp3) is 0.0769.